The number of ether oxygens (including phenoxy) is 1. The maximum Gasteiger partial charge on any atom is 0.314 e. The number of esters is 1. The molecule has 5 heteroatoms. The van der Waals surface area contributed by atoms with Gasteiger partial charge in [0.05, 0.1) is 19.6 Å². The third kappa shape index (κ3) is 6.45. The summed E-state index contributed by atoms with van der Waals surface area (Å²) in [5, 5.41) is 0. The van der Waals surface area contributed by atoms with E-state index in [2.05, 4.69) is 32.9 Å². The van der Waals surface area contributed by atoms with E-state index in [1.807, 2.05) is 6.07 Å². The molecule has 1 aliphatic carbocycles. The first-order valence-electron chi connectivity index (χ1n) is 11.0. The fourth-order valence-electron chi connectivity index (χ4n) is 5.08. The van der Waals surface area contributed by atoms with Gasteiger partial charge < -0.3 is 9.22 Å². The van der Waals surface area contributed by atoms with Crippen molar-refractivity contribution in [1.82, 2.24) is 0 Å². The quantitative estimate of drug-likeness (QED) is 0.440. The number of nitrogens with zero attached hydrogens (tertiary/aromatic N) is 1. The van der Waals surface area contributed by atoms with Gasteiger partial charge in [-0.3, -0.25) is 9.59 Å². The van der Waals surface area contributed by atoms with E-state index in [1.165, 1.54) is 24.0 Å². The number of likely N-dealkylation sites (tertiary alicyclic amines) is 1. The Morgan fingerprint density at radius 3 is 2.34 bits per heavy atom. The molecule has 2 atom stereocenters. The van der Waals surface area contributed by atoms with Crippen molar-refractivity contribution >= 4 is 11.8 Å². The number of rotatable bonds is 7. The van der Waals surface area contributed by atoms with Crippen molar-refractivity contribution in [2.45, 2.75) is 71.8 Å². The van der Waals surface area contributed by atoms with Crippen LogP contribution >= 0.6 is 0 Å². The zero-order valence-corrected chi connectivity index (χ0v) is 21.3. The predicted octanol–water partition coefficient (Wildman–Crippen LogP) is 4.15. The molecule has 4 nitrogen and oxygen atoms in total. The molecule has 0 amide bonds. The summed E-state index contributed by atoms with van der Waals surface area (Å²) in [5.74, 6) is 0.205. The zero-order chi connectivity index (χ0) is 20.1. The topological polar surface area (TPSA) is 43.4 Å². The van der Waals surface area contributed by atoms with E-state index in [4.69, 9.17) is 4.74 Å². The number of aryl methyl sites for hydroxylation is 2. The Hall–Kier alpha value is -0.576. The van der Waals surface area contributed by atoms with E-state index in [0.717, 1.165) is 55.4 Å². The summed E-state index contributed by atoms with van der Waals surface area (Å²) < 4.78 is 6.52. The van der Waals surface area contributed by atoms with E-state index in [9.17, 15) is 9.59 Å². The van der Waals surface area contributed by atoms with Crippen LogP contribution in [0.25, 0.3) is 0 Å². The average Bonchev–Trinajstić information content (AvgIpc) is 3.18. The molecule has 3 rings (SSSR count). The number of carbonyl (C=O) groups excluding carboxylic acids is 2. The van der Waals surface area contributed by atoms with Gasteiger partial charge in [0.15, 0.2) is 5.78 Å². The van der Waals surface area contributed by atoms with Crippen LogP contribution in [0.15, 0.2) is 18.2 Å². The van der Waals surface area contributed by atoms with Crippen LogP contribution in [0, 0.1) is 19.8 Å². The molecule has 0 bridgehead atoms. The predicted molar refractivity (Wildman–Crippen MR) is 111 cm³/mol. The molecule has 1 aromatic rings. The Morgan fingerprint density at radius 2 is 1.72 bits per heavy atom. The van der Waals surface area contributed by atoms with Crippen LogP contribution in [0.1, 0.15) is 62.1 Å². The van der Waals surface area contributed by atoms with Crippen LogP contribution in [-0.2, 0) is 53.5 Å². The number of piperidine rings is 1. The minimum absolute atomic E-state index is 0. The average molecular weight is 475 g/mol. The molecular formula is C24H36NO3Y+. The Labute approximate surface area is 201 Å². The normalized spacial score (nSPS) is 24.7. The maximum absolute atomic E-state index is 13.0. The van der Waals surface area contributed by atoms with E-state index < -0.39 is 0 Å². The van der Waals surface area contributed by atoms with Crippen LogP contribution in [0.4, 0.5) is 0 Å². The monoisotopic (exact) mass is 475 g/mol. The van der Waals surface area contributed by atoms with Gasteiger partial charge in [0, 0.05) is 39.1 Å². The Morgan fingerprint density at radius 1 is 1.07 bits per heavy atom. The van der Waals surface area contributed by atoms with Gasteiger partial charge in [-0.2, -0.15) is 0 Å². The van der Waals surface area contributed by atoms with Crippen LogP contribution in [0.5, 0.6) is 0 Å². The molecule has 2 aliphatic rings. The molecule has 1 aliphatic heterocycles. The van der Waals surface area contributed by atoms with Crippen molar-refractivity contribution in [1.29, 1.82) is 0 Å². The van der Waals surface area contributed by atoms with Gasteiger partial charge in [-0.1, -0.05) is 18.2 Å². The minimum Gasteiger partial charge on any atom is -0.462 e. The largest absolute Gasteiger partial charge is 0.462 e. The maximum atomic E-state index is 13.0. The van der Waals surface area contributed by atoms with Gasteiger partial charge in [-0.15, -0.1) is 0 Å². The molecule has 0 aromatic heterocycles. The fourth-order valence-corrected chi connectivity index (χ4v) is 5.08. The SMILES string of the molecule is CC[N+]1(CC(=O)Cc2c(C)cccc2C)CCCC(C(=O)OC2CCCC2)C1.[Y]. The Balaban J connectivity index is 0.00000300. The van der Waals surface area contributed by atoms with Crippen molar-refractivity contribution in [2.24, 2.45) is 5.92 Å². The van der Waals surface area contributed by atoms with Gasteiger partial charge in [0.1, 0.15) is 18.6 Å². The summed E-state index contributed by atoms with van der Waals surface area (Å²) in [6.45, 7) is 9.47. The first-order chi connectivity index (χ1) is 13.4. The molecule has 1 saturated heterocycles. The number of likely N-dealkylation sites (N-methyl/N-ethyl adjacent to an activating group) is 1. The summed E-state index contributed by atoms with van der Waals surface area (Å²) >= 11 is 0. The fraction of sp³-hybridized carbons (Fsp3) is 0.667. The molecule has 1 radical (unpaired) electrons. The van der Waals surface area contributed by atoms with Crippen LogP contribution < -0.4 is 0 Å². The number of Topliss-reactive ketones (excluding diaryl/α,β-unsaturated/α-hetero) is 1. The van der Waals surface area contributed by atoms with Crippen LogP contribution in [0.3, 0.4) is 0 Å². The van der Waals surface area contributed by atoms with Crippen molar-refractivity contribution in [3.63, 3.8) is 0 Å². The summed E-state index contributed by atoms with van der Waals surface area (Å²) in [5.41, 5.74) is 3.54. The number of hydrogen-bond acceptors (Lipinski definition) is 3. The van der Waals surface area contributed by atoms with E-state index in [-0.39, 0.29) is 56.5 Å². The Kier molecular flexibility index (Phi) is 9.50. The van der Waals surface area contributed by atoms with Gasteiger partial charge in [0.25, 0.3) is 0 Å². The number of hydrogen-bond donors (Lipinski definition) is 0. The molecule has 0 N–H and O–H groups in total. The molecule has 157 valence electrons. The smallest absolute Gasteiger partial charge is 0.314 e. The zero-order valence-electron chi connectivity index (χ0n) is 18.4. The molecule has 1 aromatic carbocycles. The third-order valence-corrected chi connectivity index (χ3v) is 6.91. The van der Waals surface area contributed by atoms with Gasteiger partial charge in [-0.05, 0) is 76.0 Å². The van der Waals surface area contributed by atoms with E-state index >= 15 is 0 Å². The van der Waals surface area contributed by atoms with Crippen molar-refractivity contribution in [3.8, 4) is 0 Å². The Bertz CT molecular complexity index is 694. The standard InChI is InChI=1S/C24H36NO3.Y/c1-4-25(17-21(26)15-23-18(2)9-7-10-19(23)3)14-8-11-20(16-25)24(27)28-22-12-5-6-13-22;/h7,9-10,20,22H,4-6,8,11-17H2,1-3H3;/q+1;. The first kappa shape index (κ1) is 24.7. The molecular weight excluding hydrogens is 439 g/mol. The minimum atomic E-state index is -0.0534. The van der Waals surface area contributed by atoms with Crippen LogP contribution in [-0.4, -0.2) is 48.5 Å². The van der Waals surface area contributed by atoms with E-state index in [1.54, 1.807) is 0 Å². The van der Waals surface area contributed by atoms with Crippen molar-refractivity contribution < 1.29 is 51.5 Å². The summed E-state index contributed by atoms with van der Waals surface area (Å²) in [4.78, 5) is 25.7. The summed E-state index contributed by atoms with van der Waals surface area (Å²) in [6.07, 6.45) is 6.89. The third-order valence-electron chi connectivity index (χ3n) is 6.91. The second-order valence-electron chi connectivity index (χ2n) is 8.99. The van der Waals surface area contributed by atoms with Gasteiger partial charge in [0.2, 0.25) is 0 Å². The second-order valence-corrected chi connectivity index (χ2v) is 8.99. The van der Waals surface area contributed by atoms with E-state index in [0.29, 0.717) is 13.0 Å². The van der Waals surface area contributed by atoms with Gasteiger partial charge in [-0.25, -0.2) is 0 Å². The number of carbonyl (C=O) groups is 2. The molecule has 2 unspecified atom stereocenters. The molecule has 1 saturated carbocycles. The van der Waals surface area contributed by atoms with Crippen molar-refractivity contribution in [2.75, 3.05) is 26.2 Å². The van der Waals surface area contributed by atoms with Gasteiger partial charge >= 0.3 is 5.97 Å². The number of ketones is 1. The molecule has 2 fully saturated rings. The molecule has 1 heterocycles. The molecule has 0 spiro atoms. The molecule has 29 heavy (non-hydrogen) atoms. The number of quaternary nitrogens is 1. The van der Waals surface area contributed by atoms with Crippen LogP contribution in [0.2, 0.25) is 0 Å². The van der Waals surface area contributed by atoms with Crippen molar-refractivity contribution in [3.05, 3.63) is 34.9 Å². The second kappa shape index (κ2) is 11.2. The number of benzene rings is 1. The summed E-state index contributed by atoms with van der Waals surface area (Å²) in [7, 11) is 0. The first-order valence-corrected chi connectivity index (χ1v) is 11.0. The summed E-state index contributed by atoms with van der Waals surface area (Å²) in [6, 6.07) is 6.20.